The van der Waals surface area contributed by atoms with Crippen LogP contribution in [0.4, 0.5) is 5.69 Å². The average Bonchev–Trinajstić information content (AvgIpc) is 2.69. The molecule has 3 nitrogen and oxygen atoms in total. The summed E-state index contributed by atoms with van der Waals surface area (Å²) in [7, 11) is 0. The number of nitrogens with one attached hydrogen (secondary N) is 1. The van der Waals surface area contributed by atoms with Gasteiger partial charge in [-0.05, 0) is 43.2 Å². The van der Waals surface area contributed by atoms with Crippen molar-refractivity contribution in [2.45, 2.75) is 18.9 Å². The molecule has 0 aromatic heterocycles. The first-order chi connectivity index (χ1) is 10.3. The fourth-order valence-electron chi connectivity index (χ4n) is 2.58. The molecule has 2 aromatic carbocycles. The molecule has 1 aliphatic rings. The Labute approximate surface area is 132 Å². The van der Waals surface area contributed by atoms with Crippen molar-refractivity contribution < 1.29 is 4.74 Å². The lowest BCUT2D eigenvalue weighted by Gasteiger charge is -2.20. The van der Waals surface area contributed by atoms with Crippen molar-refractivity contribution in [1.82, 2.24) is 0 Å². The Morgan fingerprint density at radius 2 is 2.14 bits per heavy atom. The molecule has 0 radical (unpaired) electrons. The fourth-order valence-corrected chi connectivity index (χ4v) is 2.92. The van der Waals surface area contributed by atoms with E-state index in [9.17, 15) is 0 Å². The molecule has 1 atom stereocenters. The molecular formula is C17H15BrN2O. The van der Waals surface area contributed by atoms with Gasteiger partial charge in [-0.3, -0.25) is 0 Å². The molecule has 0 saturated heterocycles. The van der Waals surface area contributed by atoms with Crippen LogP contribution in [0.15, 0.2) is 46.9 Å². The van der Waals surface area contributed by atoms with Crippen LogP contribution >= 0.6 is 15.9 Å². The molecular weight excluding hydrogens is 328 g/mol. The maximum atomic E-state index is 9.00. The first kappa shape index (κ1) is 14.0. The van der Waals surface area contributed by atoms with Gasteiger partial charge in [0.1, 0.15) is 5.75 Å². The van der Waals surface area contributed by atoms with Crippen molar-refractivity contribution in [2.75, 3.05) is 11.9 Å². The maximum Gasteiger partial charge on any atom is 0.125 e. The summed E-state index contributed by atoms with van der Waals surface area (Å²) in [5.74, 6) is 0.927. The highest BCUT2D eigenvalue weighted by Gasteiger charge is 2.19. The Balaban J connectivity index is 1.90. The predicted molar refractivity (Wildman–Crippen MR) is 86.4 cm³/mol. The number of fused-ring (bicyclic) bond motifs is 1. The molecule has 0 spiro atoms. The lowest BCUT2D eigenvalue weighted by Crippen LogP contribution is -2.10. The van der Waals surface area contributed by atoms with E-state index in [4.69, 9.17) is 10.00 Å². The molecule has 0 amide bonds. The summed E-state index contributed by atoms with van der Waals surface area (Å²) < 4.78 is 6.84. The number of hydrogen-bond acceptors (Lipinski definition) is 3. The largest absolute Gasteiger partial charge is 0.493 e. The molecule has 3 rings (SSSR count). The van der Waals surface area contributed by atoms with Crippen molar-refractivity contribution in [2.24, 2.45) is 0 Å². The Kier molecular flexibility index (Phi) is 4.12. The first-order valence-electron chi connectivity index (χ1n) is 6.95. The van der Waals surface area contributed by atoms with E-state index < -0.39 is 0 Å². The zero-order valence-electron chi connectivity index (χ0n) is 11.5. The van der Waals surface area contributed by atoms with Gasteiger partial charge in [-0.1, -0.05) is 28.1 Å². The highest BCUT2D eigenvalue weighted by atomic mass is 79.9. The number of nitriles is 1. The van der Waals surface area contributed by atoms with Crippen molar-refractivity contribution in [3.8, 4) is 11.8 Å². The number of rotatable bonds is 2. The Morgan fingerprint density at radius 3 is 3.00 bits per heavy atom. The van der Waals surface area contributed by atoms with Crippen LogP contribution in [0.2, 0.25) is 0 Å². The summed E-state index contributed by atoms with van der Waals surface area (Å²) in [6, 6.07) is 16.1. The number of nitrogens with zero attached hydrogens (tertiary/aromatic N) is 1. The van der Waals surface area contributed by atoms with E-state index in [1.54, 1.807) is 0 Å². The number of halogens is 1. The molecule has 0 saturated carbocycles. The monoisotopic (exact) mass is 342 g/mol. The minimum absolute atomic E-state index is 0.199. The van der Waals surface area contributed by atoms with Gasteiger partial charge in [-0.15, -0.1) is 0 Å². The lowest BCUT2D eigenvalue weighted by atomic mass is 10.0. The van der Waals surface area contributed by atoms with Crippen molar-refractivity contribution in [3.63, 3.8) is 0 Å². The van der Waals surface area contributed by atoms with Crippen LogP contribution in [0.5, 0.6) is 5.75 Å². The van der Waals surface area contributed by atoms with Gasteiger partial charge in [-0.2, -0.15) is 5.26 Å². The second-order valence-electron chi connectivity index (χ2n) is 5.06. The number of benzene rings is 2. The van der Waals surface area contributed by atoms with Gasteiger partial charge >= 0.3 is 0 Å². The van der Waals surface area contributed by atoms with Crippen molar-refractivity contribution >= 4 is 21.6 Å². The first-order valence-corrected chi connectivity index (χ1v) is 7.74. The standard InChI is InChI=1S/C17H15BrN2O/c18-13-6-7-15-16(5-2-8-21-17(15)10-13)20-14-4-1-3-12(9-14)11-19/h1,3-4,6-7,9-10,16,20H,2,5,8H2. The summed E-state index contributed by atoms with van der Waals surface area (Å²) >= 11 is 3.49. The maximum absolute atomic E-state index is 9.00. The zero-order valence-corrected chi connectivity index (χ0v) is 13.1. The molecule has 0 aliphatic carbocycles. The highest BCUT2D eigenvalue weighted by molar-refractivity contribution is 9.10. The minimum Gasteiger partial charge on any atom is -0.493 e. The van der Waals surface area contributed by atoms with Crippen LogP contribution in [0, 0.1) is 11.3 Å². The van der Waals surface area contributed by atoms with Crippen molar-refractivity contribution in [3.05, 3.63) is 58.1 Å². The van der Waals surface area contributed by atoms with Gasteiger partial charge in [-0.25, -0.2) is 0 Å². The third-order valence-corrected chi connectivity index (χ3v) is 4.07. The van der Waals surface area contributed by atoms with E-state index in [-0.39, 0.29) is 6.04 Å². The minimum atomic E-state index is 0.199. The number of anilines is 1. The van der Waals surface area contributed by atoms with Crippen LogP contribution in [0.25, 0.3) is 0 Å². The molecule has 2 aromatic rings. The molecule has 1 heterocycles. The van der Waals surface area contributed by atoms with Gasteiger partial charge in [0.15, 0.2) is 0 Å². The van der Waals surface area contributed by atoms with E-state index in [0.717, 1.165) is 40.9 Å². The normalized spacial score (nSPS) is 17.0. The second-order valence-corrected chi connectivity index (χ2v) is 5.98. The predicted octanol–water partition coefficient (Wildman–Crippen LogP) is 4.65. The third-order valence-electron chi connectivity index (χ3n) is 3.58. The van der Waals surface area contributed by atoms with Gasteiger partial charge < -0.3 is 10.1 Å². The molecule has 0 fully saturated rings. The number of ether oxygens (including phenoxy) is 1. The van der Waals surface area contributed by atoms with E-state index in [1.807, 2.05) is 36.4 Å². The van der Waals surface area contributed by atoms with E-state index >= 15 is 0 Å². The van der Waals surface area contributed by atoms with Crippen LogP contribution in [-0.4, -0.2) is 6.61 Å². The summed E-state index contributed by atoms with van der Waals surface area (Å²) in [6.45, 7) is 0.736. The molecule has 106 valence electrons. The van der Waals surface area contributed by atoms with Crippen molar-refractivity contribution in [1.29, 1.82) is 5.26 Å². The number of hydrogen-bond donors (Lipinski definition) is 1. The molecule has 4 heteroatoms. The van der Waals surface area contributed by atoms with E-state index in [2.05, 4.69) is 33.4 Å². The van der Waals surface area contributed by atoms with E-state index in [1.165, 1.54) is 0 Å². The van der Waals surface area contributed by atoms with Crippen LogP contribution in [-0.2, 0) is 0 Å². The summed E-state index contributed by atoms with van der Waals surface area (Å²) in [6.07, 6.45) is 2.01. The molecule has 21 heavy (non-hydrogen) atoms. The van der Waals surface area contributed by atoms with Crippen LogP contribution in [0.3, 0.4) is 0 Å². The quantitative estimate of drug-likeness (QED) is 0.864. The molecule has 0 bridgehead atoms. The third kappa shape index (κ3) is 3.20. The fraction of sp³-hybridized carbons (Fsp3) is 0.235. The Bertz CT molecular complexity index is 693. The van der Waals surface area contributed by atoms with Crippen LogP contribution in [0.1, 0.15) is 30.0 Å². The smallest absolute Gasteiger partial charge is 0.125 e. The lowest BCUT2D eigenvalue weighted by molar-refractivity contribution is 0.316. The zero-order chi connectivity index (χ0) is 14.7. The Hall–Kier alpha value is -1.99. The molecule has 1 N–H and O–H groups in total. The second kappa shape index (κ2) is 6.19. The van der Waals surface area contributed by atoms with Gasteiger partial charge in [0.25, 0.3) is 0 Å². The van der Waals surface area contributed by atoms with Gasteiger partial charge in [0.05, 0.1) is 24.3 Å². The summed E-state index contributed by atoms with van der Waals surface area (Å²) in [5.41, 5.74) is 2.80. The van der Waals surface area contributed by atoms with Crippen LogP contribution < -0.4 is 10.1 Å². The topological polar surface area (TPSA) is 45.0 Å². The highest BCUT2D eigenvalue weighted by Crippen LogP contribution is 2.35. The SMILES string of the molecule is N#Cc1cccc(NC2CCCOc3cc(Br)ccc32)c1. The Morgan fingerprint density at radius 1 is 1.24 bits per heavy atom. The average molecular weight is 343 g/mol. The summed E-state index contributed by atoms with van der Waals surface area (Å²) in [4.78, 5) is 0. The van der Waals surface area contributed by atoms with Gasteiger partial charge in [0.2, 0.25) is 0 Å². The van der Waals surface area contributed by atoms with E-state index in [0.29, 0.717) is 5.56 Å². The summed E-state index contributed by atoms with van der Waals surface area (Å²) in [5, 5.41) is 12.5. The van der Waals surface area contributed by atoms with Gasteiger partial charge in [0, 0.05) is 15.7 Å². The molecule has 1 unspecified atom stereocenters. The molecule has 1 aliphatic heterocycles.